The highest BCUT2D eigenvalue weighted by atomic mass is 35.5. The Morgan fingerprint density at radius 3 is 2.17 bits per heavy atom. The molecular formula is C13H6ClF7OS. The summed E-state index contributed by atoms with van der Waals surface area (Å²) >= 11 is 6.11. The Labute approximate surface area is 133 Å². The number of ketones is 1. The van der Waals surface area contributed by atoms with Crippen LogP contribution < -0.4 is 0 Å². The molecule has 10 heteroatoms. The number of hydrogen-bond acceptors (Lipinski definition) is 2. The predicted molar refractivity (Wildman–Crippen MR) is 71.9 cm³/mol. The van der Waals surface area contributed by atoms with Gasteiger partial charge in [-0.15, -0.1) is 11.3 Å². The van der Waals surface area contributed by atoms with Crippen LogP contribution in [0.5, 0.6) is 0 Å². The van der Waals surface area contributed by atoms with E-state index < -0.39 is 28.7 Å². The summed E-state index contributed by atoms with van der Waals surface area (Å²) < 4.78 is 89.8. The summed E-state index contributed by atoms with van der Waals surface area (Å²) in [5, 5.41) is 0.432. The van der Waals surface area contributed by atoms with Crippen LogP contribution in [0.4, 0.5) is 30.7 Å². The normalized spacial score (nSPS) is 13.6. The number of carbonyl (C=O) groups is 1. The lowest BCUT2D eigenvalue weighted by molar-refractivity contribution is -0.339. The first-order chi connectivity index (χ1) is 10.3. The second kappa shape index (κ2) is 5.34. The number of aryl methyl sites for hydroxylation is 1. The highest BCUT2D eigenvalue weighted by Crippen LogP contribution is 2.49. The van der Waals surface area contributed by atoms with Gasteiger partial charge in [0.1, 0.15) is 0 Å². The number of fused-ring (bicyclic) bond motifs is 1. The quantitative estimate of drug-likeness (QED) is 0.481. The van der Waals surface area contributed by atoms with Gasteiger partial charge in [0, 0.05) is 9.72 Å². The maximum Gasteiger partial charge on any atom is 0.460 e. The standard InChI is InChI=1S/C13H6ClF7OS/c1-5-7-4-6(14)2-3-8(7)23-9(5)10(22)11(15,16)12(17,18)13(19,20)21/h2-4H,1H3. The molecule has 1 nitrogen and oxygen atoms in total. The van der Waals surface area contributed by atoms with Crippen LogP contribution in [0, 0.1) is 6.92 Å². The van der Waals surface area contributed by atoms with Gasteiger partial charge in [-0.2, -0.15) is 30.7 Å². The minimum atomic E-state index is -6.56. The third-order valence-electron chi connectivity index (χ3n) is 3.14. The van der Waals surface area contributed by atoms with E-state index in [0.717, 1.165) is 0 Å². The highest BCUT2D eigenvalue weighted by Gasteiger charge is 2.76. The van der Waals surface area contributed by atoms with Crippen LogP contribution in [0.3, 0.4) is 0 Å². The molecule has 0 radical (unpaired) electrons. The predicted octanol–water partition coefficient (Wildman–Crippen LogP) is 5.88. The van der Waals surface area contributed by atoms with E-state index in [1.165, 1.54) is 25.1 Å². The van der Waals surface area contributed by atoms with Crippen molar-refractivity contribution in [2.45, 2.75) is 24.9 Å². The number of rotatable bonds is 3. The van der Waals surface area contributed by atoms with Gasteiger partial charge >= 0.3 is 18.0 Å². The van der Waals surface area contributed by atoms with Crippen LogP contribution in [0.25, 0.3) is 10.1 Å². The summed E-state index contributed by atoms with van der Waals surface area (Å²) in [4.78, 5) is 10.8. The summed E-state index contributed by atoms with van der Waals surface area (Å²) in [7, 11) is 0. The monoisotopic (exact) mass is 378 g/mol. The van der Waals surface area contributed by atoms with Crippen LogP contribution in [0.1, 0.15) is 15.2 Å². The summed E-state index contributed by atoms with van der Waals surface area (Å²) in [6.45, 7) is 1.17. The molecule has 1 heterocycles. The van der Waals surface area contributed by atoms with E-state index in [9.17, 15) is 35.5 Å². The Morgan fingerprint density at radius 2 is 1.65 bits per heavy atom. The lowest BCUT2D eigenvalue weighted by Crippen LogP contribution is -2.56. The molecule has 0 N–H and O–H groups in total. The topological polar surface area (TPSA) is 17.1 Å². The van der Waals surface area contributed by atoms with Crippen molar-refractivity contribution < 1.29 is 35.5 Å². The Morgan fingerprint density at radius 1 is 1.09 bits per heavy atom. The number of Topliss-reactive ketones (excluding diaryl/α,β-unsaturated/α-hetero) is 1. The van der Waals surface area contributed by atoms with Crippen molar-refractivity contribution in [3.63, 3.8) is 0 Å². The van der Waals surface area contributed by atoms with Crippen LogP contribution in [0.15, 0.2) is 18.2 Å². The van der Waals surface area contributed by atoms with Gasteiger partial charge in [-0.3, -0.25) is 4.79 Å². The first kappa shape index (κ1) is 18.0. The molecule has 0 aliphatic heterocycles. The van der Waals surface area contributed by atoms with Crippen molar-refractivity contribution in [1.82, 2.24) is 0 Å². The van der Waals surface area contributed by atoms with Crippen LogP contribution >= 0.6 is 22.9 Å². The van der Waals surface area contributed by atoms with Crippen LogP contribution in [-0.4, -0.2) is 23.8 Å². The maximum atomic E-state index is 13.5. The Hall–Kier alpha value is -1.35. The van der Waals surface area contributed by atoms with Gasteiger partial charge in [0.15, 0.2) is 0 Å². The van der Waals surface area contributed by atoms with Gasteiger partial charge in [0.2, 0.25) is 5.78 Å². The molecule has 0 bridgehead atoms. The smallest absolute Gasteiger partial charge is 0.286 e. The fraction of sp³-hybridized carbons (Fsp3) is 0.308. The van der Waals surface area contributed by atoms with E-state index in [-0.39, 0.29) is 20.7 Å². The molecule has 0 amide bonds. The molecule has 0 fully saturated rings. The van der Waals surface area contributed by atoms with Gasteiger partial charge in [-0.05, 0) is 36.1 Å². The third kappa shape index (κ3) is 2.69. The Balaban J connectivity index is 2.58. The number of benzene rings is 1. The minimum absolute atomic E-state index is 0.129. The molecule has 0 spiro atoms. The van der Waals surface area contributed by atoms with Gasteiger partial charge in [0.25, 0.3) is 0 Å². The minimum Gasteiger partial charge on any atom is -0.286 e. The zero-order valence-electron chi connectivity index (χ0n) is 11.1. The summed E-state index contributed by atoms with van der Waals surface area (Å²) in [6, 6.07) is 4.03. The zero-order chi connectivity index (χ0) is 17.8. The molecule has 0 aliphatic carbocycles. The largest absolute Gasteiger partial charge is 0.460 e. The van der Waals surface area contributed by atoms with E-state index in [0.29, 0.717) is 11.3 Å². The Bertz CT molecular complexity index is 778. The highest BCUT2D eigenvalue weighted by molar-refractivity contribution is 7.21. The molecular weight excluding hydrogens is 373 g/mol. The number of carbonyl (C=O) groups excluding carboxylic acids is 1. The molecule has 2 rings (SSSR count). The second-order valence-corrected chi connectivity index (χ2v) is 6.16. The summed E-state index contributed by atoms with van der Waals surface area (Å²) in [5.41, 5.74) is -0.129. The van der Waals surface area contributed by atoms with Crippen LogP contribution in [0.2, 0.25) is 5.02 Å². The molecule has 0 saturated heterocycles. The zero-order valence-corrected chi connectivity index (χ0v) is 12.6. The van der Waals surface area contributed by atoms with E-state index >= 15 is 0 Å². The van der Waals surface area contributed by atoms with Crippen molar-refractivity contribution in [2.75, 3.05) is 0 Å². The van der Waals surface area contributed by atoms with Gasteiger partial charge in [0.05, 0.1) is 4.88 Å². The molecule has 0 saturated carbocycles. The molecule has 0 atom stereocenters. The summed E-state index contributed by atoms with van der Waals surface area (Å²) in [5.74, 6) is -15.0. The number of alkyl halides is 7. The van der Waals surface area contributed by atoms with E-state index in [1.807, 2.05) is 0 Å². The molecule has 1 aromatic carbocycles. The lowest BCUT2D eigenvalue weighted by atomic mass is 10.0. The molecule has 23 heavy (non-hydrogen) atoms. The Kier molecular flexibility index (Phi) is 4.18. The first-order valence-electron chi connectivity index (χ1n) is 5.86. The van der Waals surface area contributed by atoms with Gasteiger partial charge in [-0.1, -0.05) is 11.6 Å². The van der Waals surface area contributed by atoms with Crippen LogP contribution in [-0.2, 0) is 0 Å². The maximum absolute atomic E-state index is 13.5. The average molecular weight is 379 g/mol. The summed E-state index contributed by atoms with van der Waals surface area (Å²) in [6.07, 6.45) is -6.56. The van der Waals surface area contributed by atoms with E-state index in [2.05, 4.69) is 0 Å². The van der Waals surface area contributed by atoms with Gasteiger partial charge < -0.3 is 0 Å². The fourth-order valence-corrected chi connectivity index (χ4v) is 3.21. The average Bonchev–Trinajstić information content (AvgIpc) is 2.73. The molecule has 0 aliphatic rings. The molecule has 1 aromatic heterocycles. The van der Waals surface area contributed by atoms with Crippen molar-refractivity contribution >= 4 is 38.8 Å². The second-order valence-electron chi connectivity index (χ2n) is 4.67. The number of halogens is 8. The van der Waals surface area contributed by atoms with Crippen molar-refractivity contribution in [2.24, 2.45) is 0 Å². The van der Waals surface area contributed by atoms with Gasteiger partial charge in [-0.25, -0.2) is 0 Å². The molecule has 0 unspecified atom stereocenters. The van der Waals surface area contributed by atoms with Crippen molar-refractivity contribution in [3.8, 4) is 0 Å². The van der Waals surface area contributed by atoms with Crippen molar-refractivity contribution in [3.05, 3.63) is 33.7 Å². The van der Waals surface area contributed by atoms with E-state index in [1.54, 1.807) is 0 Å². The molecule has 2 aromatic rings. The lowest BCUT2D eigenvalue weighted by Gasteiger charge is -2.26. The molecule has 126 valence electrons. The number of hydrogen-bond donors (Lipinski definition) is 0. The third-order valence-corrected chi connectivity index (χ3v) is 4.65. The fourth-order valence-electron chi connectivity index (χ4n) is 1.87. The first-order valence-corrected chi connectivity index (χ1v) is 7.06. The SMILES string of the molecule is Cc1c(C(=O)C(F)(F)C(F)(F)C(F)(F)F)sc2ccc(Cl)cc12. The van der Waals surface area contributed by atoms with Crippen molar-refractivity contribution in [1.29, 1.82) is 0 Å². The number of thiophene rings is 1. The van der Waals surface area contributed by atoms with E-state index in [4.69, 9.17) is 11.6 Å².